The lowest BCUT2D eigenvalue weighted by Gasteiger charge is -2.19. The highest BCUT2D eigenvalue weighted by molar-refractivity contribution is 7.08. The number of hydrogen-bond donors (Lipinski definition) is 1. The van der Waals surface area contributed by atoms with Crippen LogP contribution in [-0.2, 0) is 4.74 Å². The molecule has 0 bridgehead atoms. The fourth-order valence-electron chi connectivity index (χ4n) is 1.76. The number of thiophene rings is 1. The van der Waals surface area contributed by atoms with Crippen LogP contribution in [0.5, 0.6) is 0 Å². The van der Waals surface area contributed by atoms with Crippen molar-refractivity contribution < 1.29 is 9.53 Å². The number of pyridine rings is 1. The van der Waals surface area contributed by atoms with E-state index in [0.29, 0.717) is 0 Å². The van der Waals surface area contributed by atoms with Crippen LogP contribution in [0.15, 0.2) is 29.1 Å². The molecule has 0 aliphatic rings. The highest BCUT2D eigenvalue weighted by Crippen LogP contribution is 2.32. The van der Waals surface area contributed by atoms with Gasteiger partial charge in [0.15, 0.2) is 0 Å². The second-order valence-electron chi connectivity index (χ2n) is 5.49. The molecule has 0 saturated carbocycles. The summed E-state index contributed by atoms with van der Waals surface area (Å²) >= 11 is 1.52. The standard InChI is InChI=1S/C15H18N2O2S/c1-10-6-5-7-16-13(10)11-8-20-9-12(11)17-14(18)19-15(2,3)4/h5-9H,1-4H3,(H,17,18). The van der Waals surface area contributed by atoms with Crippen LogP contribution in [0.4, 0.5) is 10.5 Å². The third-order valence-electron chi connectivity index (χ3n) is 2.56. The van der Waals surface area contributed by atoms with Crippen LogP contribution in [0.1, 0.15) is 26.3 Å². The van der Waals surface area contributed by atoms with Crippen molar-refractivity contribution in [1.29, 1.82) is 0 Å². The van der Waals surface area contributed by atoms with Gasteiger partial charge in [-0.3, -0.25) is 10.3 Å². The summed E-state index contributed by atoms with van der Waals surface area (Å²) < 4.78 is 5.27. The van der Waals surface area contributed by atoms with Gasteiger partial charge in [0.1, 0.15) is 5.60 Å². The Labute approximate surface area is 122 Å². The number of hydrogen-bond acceptors (Lipinski definition) is 4. The first kappa shape index (κ1) is 14.5. The van der Waals surface area contributed by atoms with E-state index < -0.39 is 11.7 Å². The molecule has 0 atom stereocenters. The molecular weight excluding hydrogens is 272 g/mol. The Morgan fingerprint density at radius 1 is 1.35 bits per heavy atom. The minimum atomic E-state index is -0.513. The molecule has 2 aromatic heterocycles. The molecule has 106 valence electrons. The van der Waals surface area contributed by atoms with Gasteiger partial charge in [-0.25, -0.2) is 4.79 Å². The fourth-order valence-corrected chi connectivity index (χ4v) is 2.52. The third-order valence-corrected chi connectivity index (χ3v) is 3.31. The Morgan fingerprint density at radius 2 is 2.10 bits per heavy atom. The van der Waals surface area contributed by atoms with Gasteiger partial charge in [-0.05, 0) is 39.3 Å². The average Bonchev–Trinajstić information content (AvgIpc) is 2.75. The van der Waals surface area contributed by atoms with Crippen molar-refractivity contribution >= 4 is 23.1 Å². The van der Waals surface area contributed by atoms with E-state index in [4.69, 9.17) is 4.74 Å². The molecule has 0 aromatic carbocycles. The van der Waals surface area contributed by atoms with Crippen LogP contribution in [0.2, 0.25) is 0 Å². The zero-order chi connectivity index (χ0) is 14.8. The van der Waals surface area contributed by atoms with Crippen LogP contribution in [0.25, 0.3) is 11.3 Å². The first-order chi connectivity index (χ1) is 9.37. The first-order valence-corrected chi connectivity index (χ1v) is 7.29. The van der Waals surface area contributed by atoms with Gasteiger partial charge >= 0.3 is 6.09 Å². The lowest BCUT2D eigenvalue weighted by Crippen LogP contribution is -2.27. The fraction of sp³-hybridized carbons (Fsp3) is 0.333. The maximum atomic E-state index is 11.8. The van der Waals surface area contributed by atoms with Crippen molar-refractivity contribution in [2.24, 2.45) is 0 Å². The van der Waals surface area contributed by atoms with E-state index >= 15 is 0 Å². The quantitative estimate of drug-likeness (QED) is 0.888. The van der Waals surface area contributed by atoms with Gasteiger partial charge < -0.3 is 4.74 Å². The molecule has 5 heteroatoms. The van der Waals surface area contributed by atoms with Gasteiger partial charge in [0.2, 0.25) is 0 Å². The summed E-state index contributed by atoms with van der Waals surface area (Å²) in [6.45, 7) is 7.51. The lowest BCUT2D eigenvalue weighted by atomic mass is 10.1. The summed E-state index contributed by atoms with van der Waals surface area (Å²) in [7, 11) is 0. The molecule has 0 spiro atoms. The second kappa shape index (κ2) is 5.63. The molecule has 0 aliphatic heterocycles. The van der Waals surface area contributed by atoms with Crippen LogP contribution >= 0.6 is 11.3 Å². The number of aromatic nitrogens is 1. The second-order valence-corrected chi connectivity index (χ2v) is 6.24. The molecule has 4 nitrogen and oxygen atoms in total. The molecule has 1 amide bonds. The number of anilines is 1. The van der Waals surface area contributed by atoms with Gasteiger partial charge in [0, 0.05) is 22.5 Å². The third kappa shape index (κ3) is 3.57. The molecule has 0 fully saturated rings. The maximum absolute atomic E-state index is 11.8. The van der Waals surface area contributed by atoms with Crippen LogP contribution in [0, 0.1) is 6.92 Å². The predicted octanol–water partition coefficient (Wildman–Crippen LogP) is 4.47. The predicted molar refractivity (Wildman–Crippen MR) is 82.1 cm³/mol. The Bertz CT molecular complexity index is 614. The molecule has 2 rings (SSSR count). The summed E-state index contributed by atoms with van der Waals surface area (Å²) in [6, 6.07) is 3.89. The number of aryl methyl sites for hydroxylation is 1. The van der Waals surface area contributed by atoms with Gasteiger partial charge in [0.05, 0.1) is 11.4 Å². The van der Waals surface area contributed by atoms with E-state index in [-0.39, 0.29) is 0 Å². The summed E-state index contributed by atoms with van der Waals surface area (Å²) in [5.74, 6) is 0. The molecule has 2 heterocycles. The molecule has 20 heavy (non-hydrogen) atoms. The van der Waals surface area contributed by atoms with E-state index in [1.165, 1.54) is 11.3 Å². The molecule has 0 radical (unpaired) electrons. The molecular formula is C15H18N2O2S. The number of rotatable bonds is 2. The smallest absolute Gasteiger partial charge is 0.412 e. The van der Waals surface area contributed by atoms with E-state index in [2.05, 4.69) is 10.3 Å². The van der Waals surface area contributed by atoms with Crippen molar-refractivity contribution in [1.82, 2.24) is 4.98 Å². The zero-order valence-corrected chi connectivity index (χ0v) is 12.9. The highest BCUT2D eigenvalue weighted by Gasteiger charge is 2.18. The van der Waals surface area contributed by atoms with Crippen LogP contribution in [-0.4, -0.2) is 16.7 Å². The van der Waals surface area contributed by atoms with Gasteiger partial charge in [-0.1, -0.05) is 6.07 Å². The van der Waals surface area contributed by atoms with Crippen molar-refractivity contribution in [2.45, 2.75) is 33.3 Å². The Balaban J connectivity index is 2.22. The molecule has 0 unspecified atom stereocenters. The molecule has 0 saturated heterocycles. The topological polar surface area (TPSA) is 51.2 Å². The van der Waals surface area contributed by atoms with E-state index in [9.17, 15) is 4.79 Å². The van der Waals surface area contributed by atoms with E-state index in [0.717, 1.165) is 22.5 Å². The number of carbonyl (C=O) groups excluding carboxylic acids is 1. The number of ether oxygens (including phenoxy) is 1. The summed E-state index contributed by atoms with van der Waals surface area (Å²) in [5, 5.41) is 6.64. The van der Waals surface area contributed by atoms with E-state index in [1.807, 2.05) is 50.6 Å². The van der Waals surface area contributed by atoms with Crippen molar-refractivity contribution in [3.8, 4) is 11.3 Å². The van der Waals surface area contributed by atoms with Crippen LogP contribution in [0.3, 0.4) is 0 Å². The molecule has 2 aromatic rings. The summed E-state index contributed by atoms with van der Waals surface area (Å²) in [5.41, 5.74) is 3.07. The zero-order valence-electron chi connectivity index (χ0n) is 12.1. The van der Waals surface area contributed by atoms with Crippen molar-refractivity contribution in [2.75, 3.05) is 5.32 Å². The summed E-state index contributed by atoms with van der Waals surface area (Å²) in [6.07, 6.45) is 1.29. The molecule has 1 N–H and O–H groups in total. The normalized spacial score (nSPS) is 11.2. The maximum Gasteiger partial charge on any atom is 0.412 e. The number of nitrogens with zero attached hydrogens (tertiary/aromatic N) is 1. The number of amides is 1. The summed E-state index contributed by atoms with van der Waals surface area (Å²) in [4.78, 5) is 16.2. The minimum absolute atomic E-state index is 0.453. The first-order valence-electron chi connectivity index (χ1n) is 6.35. The Kier molecular flexibility index (Phi) is 4.09. The largest absolute Gasteiger partial charge is 0.444 e. The van der Waals surface area contributed by atoms with Gasteiger partial charge in [-0.2, -0.15) is 0 Å². The van der Waals surface area contributed by atoms with Gasteiger partial charge in [-0.15, -0.1) is 11.3 Å². The van der Waals surface area contributed by atoms with Crippen molar-refractivity contribution in [3.05, 3.63) is 34.7 Å². The highest BCUT2D eigenvalue weighted by atomic mass is 32.1. The molecule has 0 aliphatic carbocycles. The minimum Gasteiger partial charge on any atom is -0.444 e. The monoisotopic (exact) mass is 290 g/mol. The lowest BCUT2D eigenvalue weighted by molar-refractivity contribution is 0.0636. The van der Waals surface area contributed by atoms with E-state index in [1.54, 1.807) is 6.20 Å². The number of carbonyl (C=O) groups is 1. The average molecular weight is 290 g/mol. The Hall–Kier alpha value is -1.88. The SMILES string of the molecule is Cc1cccnc1-c1cscc1NC(=O)OC(C)(C)C. The Morgan fingerprint density at radius 3 is 2.75 bits per heavy atom. The number of nitrogens with one attached hydrogen (secondary N) is 1. The van der Waals surface area contributed by atoms with Crippen molar-refractivity contribution in [3.63, 3.8) is 0 Å². The van der Waals surface area contributed by atoms with Crippen LogP contribution < -0.4 is 5.32 Å². The van der Waals surface area contributed by atoms with Gasteiger partial charge in [0.25, 0.3) is 0 Å².